The van der Waals surface area contributed by atoms with Gasteiger partial charge >= 0.3 is 5.92 Å². The second-order valence-corrected chi connectivity index (χ2v) is 10.9. The van der Waals surface area contributed by atoms with Crippen molar-refractivity contribution in [2.45, 2.75) is 43.8 Å². The fourth-order valence-corrected chi connectivity index (χ4v) is 5.96. The standard InChI is InChI=1S/C31H33F2N3O4/c32-31(33,24-16-20-6-7-21(15-23(20)17-24)25-5-1-2-10-34-25)30(38)35-26(19-36-11-3-4-12-36)29(37)22-8-9-27-28(18-22)40-14-13-39-27/h1-2,5-10,15,18,24,26,29,37H,3-4,11-14,16-17,19H2,(H,35,38)/t24?,26-,29?/m1/s1. The predicted octanol–water partition coefficient (Wildman–Crippen LogP) is 4.18. The number of carbonyl (C=O) groups is 1. The topological polar surface area (TPSA) is 83.9 Å². The van der Waals surface area contributed by atoms with Crippen molar-refractivity contribution in [2.75, 3.05) is 32.8 Å². The van der Waals surface area contributed by atoms with Crippen LogP contribution in [0.25, 0.3) is 11.3 Å². The van der Waals surface area contributed by atoms with Gasteiger partial charge in [-0.25, -0.2) is 0 Å². The van der Waals surface area contributed by atoms with Crippen molar-refractivity contribution in [3.63, 3.8) is 0 Å². The molecule has 1 aromatic heterocycles. The van der Waals surface area contributed by atoms with Gasteiger partial charge < -0.3 is 24.8 Å². The van der Waals surface area contributed by atoms with Gasteiger partial charge in [0.15, 0.2) is 11.5 Å². The molecule has 3 aromatic rings. The number of aliphatic hydroxyl groups excluding tert-OH is 1. The fraction of sp³-hybridized carbons (Fsp3) is 0.419. The number of likely N-dealkylation sites (tertiary alicyclic amines) is 1. The summed E-state index contributed by atoms with van der Waals surface area (Å²) in [6.07, 6.45) is 2.70. The van der Waals surface area contributed by atoms with Crippen LogP contribution in [0, 0.1) is 5.92 Å². The van der Waals surface area contributed by atoms with Gasteiger partial charge in [-0.2, -0.15) is 8.78 Å². The zero-order valence-electron chi connectivity index (χ0n) is 22.2. The van der Waals surface area contributed by atoms with E-state index < -0.39 is 29.9 Å². The van der Waals surface area contributed by atoms with Crippen molar-refractivity contribution in [1.82, 2.24) is 15.2 Å². The lowest BCUT2D eigenvalue weighted by molar-refractivity contribution is -0.155. The van der Waals surface area contributed by atoms with E-state index in [1.54, 1.807) is 24.4 Å². The maximum Gasteiger partial charge on any atom is 0.327 e. The number of pyridine rings is 1. The highest BCUT2D eigenvalue weighted by Crippen LogP contribution is 2.39. The average Bonchev–Trinajstić information content (AvgIpc) is 3.66. The number of alkyl halides is 2. The van der Waals surface area contributed by atoms with Gasteiger partial charge in [-0.3, -0.25) is 9.78 Å². The first-order valence-electron chi connectivity index (χ1n) is 13.9. The quantitative estimate of drug-likeness (QED) is 0.439. The molecule has 3 heterocycles. The molecule has 0 saturated carbocycles. The molecule has 2 aliphatic heterocycles. The molecule has 0 bridgehead atoms. The molecule has 210 valence electrons. The van der Waals surface area contributed by atoms with Crippen LogP contribution in [0.1, 0.15) is 35.6 Å². The molecule has 1 fully saturated rings. The number of benzene rings is 2. The number of rotatable bonds is 8. The largest absolute Gasteiger partial charge is 0.486 e. The number of halogens is 2. The third kappa shape index (κ3) is 5.40. The van der Waals surface area contributed by atoms with Crippen molar-refractivity contribution >= 4 is 5.91 Å². The zero-order valence-corrected chi connectivity index (χ0v) is 22.2. The molecular weight excluding hydrogens is 516 g/mol. The molecule has 1 saturated heterocycles. The van der Waals surface area contributed by atoms with Crippen molar-refractivity contribution < 1.29 is 28.2 Å². The highest BCUT2D eigenvalue weighted by molar-refractivity contribution is 5.84. The Morgan fingerprint density at radius 2 is 1.80 bits per heavy atom. The molecule has 6 rings (SSSR count). The van der Waals surface area contributed by atoms with E-state index in [2.05, 4.69) is 15.2 Å². The van der Waals surface area contributed by atoms with E-state index >= 15 is 8.78 Å². The van der Waals surface area contributed by atoms with Crippen molar-refractivity contribution in [1.29, 1.82) is 0 Å². The van der Waals surface area contributed by atoms with E-state index in [1.165, 1.54) is 0 Å². The van der Waals surface area contributed by atoms with Crippen LogP contribution in [0.5, 0.6) is 11.5 Å². The van der Waals surface area contributed by atoms with Crippen LogP contribution in [-0.4, -0.2) is 65.7 Å². The predicted molar refractivity (Wildman–Crippen MR) is 146 cm³/mol. The van der Waals surface area contributed by atoms with Gasteiger partial charge in [0.25, 0.3) is 5.91 Å². The monoisotopic (exact) mass is 549 g/mol. The normalized spacial score (nSPS) is 20.1. The van der Waals surface area contributed by atoms with Crippen LogP contribution >= 0.6 is 0 Å². The molecule has 2 unspecified atom stereocenters. The number of carbonyl (C=O) groups excluding carboxylic acids is 1. The van der Waals surface area contributed by atoms with E-state index in [0.29, 0.717) is 30.3 Å². The summed E-state index contributed by atoms with van der Waals surface area (Å²) in [4.78, 5) is 19.6. The number of hydrogen-bond acceptors (Lipinski definition) is 6. The summed E-state index contributed by atoms with van der Waals surface area (Å²) in [5.41, 5.74) is 3.75. The Morgan fingerprint density at radius 1 is 1.02 bits per heavy atom. The Balaban J connectivity index is 1.19. The molecule has 1 amide bonds. The van der Waals surface area contributed by atoms with Crippen molar-refractivity contribution in [3.8, 4) is 22.8 Å². The lowest BCUT2D eigenvalue weighted by Crippen LogP contribution is -2.54. The van der Waals surface area contributed by atoms with E-state index in [-0.39, 0.29) is 19.4 Å². The summed E-state index contributed by atoms with van der Waals surface area (Å²) < 4.78 is 42.6. The second-order valence-electron chi connectivity index (χ2n) is 10.9. The number of aliphatic hydroxyl groups is 1. The van der Waals surface area contributed by atoms with Gasteiger partial charge in [0, 0.05) is 24.2 Å². The van der Waals surface area contributed by atoms with Crippen LogP contribution in [0.3, 0.4) is 0 Å². The summed E-state index contributed by atoms with van der Waals surface area (Å²) >= 11 is 0. The van der Waals surface area contributed by atoms with Crippen molar-refractivity contribution in [2.24, 2.45) is 5.92 Å². The molecule has 0 radical (unpaired) electrons. The minimum Gasteiger partial charge on any atom is -0.486 e. The van der Waals surface area contributed by atoms with Crippen LogP contribution in [0.2, 0.25) is 0 Å². The van der Waals surface area contributed by atoms with E-state index in [0.717, 1.165) is 48.3 Å². The van der Waals surface area contributed by atoms with Gasteiger partial charge in [-0.1, -0.05) is 24.3 Å². The summed E-state index contributed by atoms with van der Waals surface area (Å²) in [7, 11) is 0. The molecule has 3 atom stereocenters. The zero-order chi connectivity index (χ0) is 27.7. The highest BCUT2D eigenvalue weighted by atomic mass is 19.3. The summed E-state index contributed by atoms with van der Waals surface area (Å²) in [6, 6.07) is 15.4. The minimum absolute atomic E-state index is 0.0952. The smallest absolute Gasteiger partial charge is 0.327 e. The number of nitrogens with zero attached hydrogens (tertiary/aromatic N) is 2. The number of ether oxygens (including phenoxy) is 2. The van der Waals surface area contributed by atoms with Gasteiger partial charge in [-0.05, 0) is 85.8 Å². The molecule has 7 nitrogen and oxygen atoms in total. The summed E-state index contributed by atoms with van der Waals surface area (Å²) in [6.45, 7) is 2.70. The summed E-state index contributed by atoms with van der Waals surface area (Å²) in [5, 5.41) is 13.9. The second kappa shape index (κ2) is 11.1. The average molecular weight is 550 g/mol. The third-order valence-corrected chi connectivity index (χ3v) is 8.17. The molecular formula is C31H33F2N3O4. The number of amides is 1. The lowest BCUT2D eigenvalue weighted by atomic mass is 9.95. The Kier molecular flexibility index (Phi) is 7.42. The fourth-order valence-electron chi connectivity index (χ4n) is 5.96. The van der Waals surface area contributed by atoms with Crippen LogP contribution in [-0.2, 0) is 17.6 Å². The van der Waals surface area contributed by atoms with Crippen LogP contribution in [0.15, 0.2) is 60.8 Å². The van der Waals surface area contributed by atoms with Crippen LogP contribution in [0.4, 0.5) is 8.78 Å². The Hall–Kier alpha value is -3.56. The highest BCUT2D eigenvalue weighted by Gasteiger charge is 2.50. The Bertz CT molecular complexity index is 1360. The van der Waals surface area contributed by atoms with Crippen molar-refractivity contribution in [3.05, 3.63) is 77.5 Å². The number of aromatic nitrogens is 1. The van der Waals surface area contributed by atoms with Gasteiger partial charge in [0.1, 0.15) is 19.3 Å². The Morgan fingerprint density at radius 3 is 2.58 bits per heavy atom. The van der Waals surface area contributed by atoms with Gasteiger partial charge in [-0.15, -0.1) is 0 Å². The third-order valence-electron chi connectivity index (χ3n) is 8.17. The van der Waals surface area contributed by atoms with Gasteiger partial charge in [0.2, 0.25) is 0 Å². The number of nitrogens with one attached hydrogen (secondary N) is 1. The van der Waals surface area contributed by atoms with E-state index in [1.807, 2.05) is 36.4 Å². The molecule has 1 aliphatic carbocycles. The Labute approximate surface area is 232 Å². The number of fused-ring (bicyclic) bond motifs is 2. The maximum absolute atomic E-state index is 15.7. The molecule has 3 aliphatic rings. The molecule has 2 aromatic carbocycles. The van der Waals surface area contributed by atoms with E-state index in [4.69, 9.17) is 9.47 Å². The first-order valence-corrected chi connectivity index (χ1v) is 13.9. The number of hydrogen-bond donors (Lipinski definition) is 2. The van der Waals surface area contributed by atoms with E-state index in [9.17, 15) is 9.90 Å². The van der Waals surface area contributed by atoms with Gasteiger partial charge in [0.05, 0.1) is 11.7 Å². The first-order chi connectivity index (χ1) is 19.4. The first kappa shape index (κ1) is 26.7. The maximum atomic E-state index is 15.7. The molecule has 2 N–H and O–H groups in total. The van der Waals surface area contributed by atoms with Crippen LogP contribution < -0.4 is 14.8 Å². The molecule has 0 spiro atoms. The lowest BCUT2D eigenvalue weighted by Gasteiger charge is -2.31. The SMILES string of the molecule is O=C(N[C@H](CN1CCCC1)C(O)c1ccc2c(c1)OCCO2)C(F)(F)C1Cc2ccc(-c3ccccn3)cc2C1. The minimum atomic E-state index is -3.61. The summed E-state index contributed by atoms with van der Waals surface area (Å²) in [5.74, 6) is -5.06. The molecule has 9 heteroatoms. The molecule has 40 heavy (non-hydrogen) atoms.